The lowest BCUT2D eigenvalue weighted by atomic mass is 9.80. The minimum absolute atomic E-state index is 0.0654. The molecule has 3 atom stereocenters. The van der Waals surface area contributed by atoms with Gasteiger partial charge >= 0.3 is 0 Å². The van der Waals surface area contributed by atoms with Crippen molar-refractivity contribution in [3.63, 3.8) is 0 Å². The number of nitrogens with zero attached hydrogens (tertiary/aromatic N) is 5. The van der Waals surface area contributed by atoms with Gasteiger partial charge in [0.05, 0.1) is 11.7 Å². The third kappa shape index (κ3) is 3.41. The van der Waals surface area contributed by atoms with Crippen LogP contribution in [0.4, 0.5) is 0 Å². The summed E-state index contributed by atoms with van der Waals surface area (Å²) in [5, 5.41) is 7.24. The summed E-state index contributed by atoms with van der Waals surface area (Å²) in [5.41, 5.74) is 1.52. The number of carbonyl (C=O) groups excluding carboxylic acids is 1. The fourth-order valence-corrected chi connectivity index (χ4v) is 5.17. The van der Waals surface area contributed by atoms with Gasteiger partial charge in [-0.15, -0.1) is 0 Å². The maximum Gasteiger partial charge on any atom is 0.271 e. The van der Waals surface area contributed by atoms with Crippen molar-refractivity contribution >= 4 is 5.91 Å². The Morgan fingerprint density at radius 2 is 2.17 bits per heavy atom. The molecule has 1 saturated heterocycles. The largest absolute Gasteiger partial charge is 0.348 e. The number of nitrogens with one attached hydrogen (secondary N) is 1. The molecule has 2 aliphatic rings. The number of fused-ring (bicyclic) bond motifs is 1. The Labute approximate surface area is 175 Å². The van der Waals surface area contributed by atoms with E-state index in [4.69, 9.17) is 4.52 Å². The van der Waals surface area contributed by atoms with Gasteiger partial charge in [-0.25, -0.2) is 4.98 Å². The van der Waals surface area contributed by atoms with Crippen LogP contribution in [0.15, 0.2) is 47.4 Å². The number of aryl methyl sites for hydroxylation is 2. The molecule has 1 aromatic carbocycles. The Morgan fingerprint density at radius 3 is 2.87 bits per heavy atom. The first-order valence-electron chi connectivity index (χ1n) is 10.4. The van der Waals surface area contributed by atoms with Crippen LogP contribution in [-0.2, 0) is 19.0 Å². The van der Waals surface area contributed by atoms with Crippen LogP contribution in [0.3, 0.4) is 0 Å². The van der Waals surface area contributed by atoms with Gasteiger partial charge in [0.15, 0.2) is 5.82 Å². The van der Waals surface area contributed by atoms with Crippen LogP contribution in [0, 0.1) is 12.8 Å². The minimum Gasteiger partial charge on any atom is -0.348 e. The summed E-state index contributed by atoms with van der Waals surface area (Å²) in [5.74, 6) is 1.59. The third-order valence-corrected chi connectivity index (χ3v) is 6.42. The topological polar surface area (TPSA) is 89.1 Å². The molecule has 1 saturated carbocycles. The SMILES string of the molecule is Cc1noc(C23CC(NC(=O)c4cn(C)cn4)CC2CN(Cc2ccccc2)C3)n1. The molecule has 0 radical (unpaired) electrons. The lowest BCUT2D eigenvalue weighted by Gasteiger charge is -2.25. The molecule has 8 heteroatoms. The van der Waals surface area contributed by atoms with Crippen LogP contribution in [0.5, 0.6) is 0 Å². The number of aromatic nitrogens is 4. The van der Waals surface area contributed by atoms with E-state index in [1.54, 1.807) is 17.1 Å². The average molecular weight is 406 g/mol. The third-order valence-electron chi connectivity index (χ3n) is 6.42. The van der Waals surface area contributed by atoms with Gasteiger partial charge in [-0.05, 0) is 31.2 Å². The molecule has 1 aliphatic heterocycles. The lowest BCUT2D eigenvalue weighted by molar-refractivity contribution is 0.0929. The zero-order valence-electron chi connectivity index (χ0n) is 17.3. The Hall–Kier alpha value is -3.00. The standard InChI is InChI=1S/C22H26N6O2/c1-15-24-21(30-26-15)22-9-18(25-20(29)19-12-27(2)14-23-19)8-17(22)11-28(13-22)10-16-6-4-3-5-7-16/h3-7,12,14,17-18H,8-11,13H2,1-2H3,(H,25,29). The molecule has 0 bridgehead atoms. The normalized spacial score (nSPS) is 26.1. The fraction of sp³-hybridized carbons (Fsp3) is 0.455. The summed E-state index contributed by atoms with van der Waals surface area (Å²) in [6.07, 6.45) is 5.07. The Balaban J connectivity index is 1.35. The smallest absolute Gasteiger partial charge is 0.271 e. The molecular formula is C22H26N6O2. The van der Waals surface area contributed by atoms with E-state index in [9.17, 15) is 4.79 Å². The Kier molecular flexibility index (Phi) is 4.66. The van der Waals surface area contributed by atoms with Crippen molar-refractivity contribution in [1.82, 2.24) is 29.9 Å². The number of benzene rings is 1. The molecule has 1 N–H and O–H groups in total. The van der Waals surface area contributed by atoms with Crippen molar-refractivity contribution in [3.05, 3.63) is 65.8 Å². The lowest BCUT2D eigenvalue weighted by Crippen LogP contribution is -2.38. The van der Waals surface area contributed by atoms with E-state index in [1.165, 1.54) is 5.56 Å². The van der Waals surface area contributed by atoms with Crippen molar-refractivity contribution in [2.24, 2.45) is 13.0 Å². The maximum absolute atomic E-state index is 12.6. The molecule has 3 aromatic rings. The van der Waals surface area contributed by atoms with E-state index in [0.717, 1.165) is 32.5 Å². The average Bonchev–Trinajstić information content (AvgIpc) is 3.46. The molecular weight excluding hydrogens is 380 g/mol. The van der Waals surface area contributed by atoms with E-state index in [0.29, 0.717) is 23.3 Å². The second kappa shape index (κ2) is 7.36. The highest BCUT2D eigenvalue weighted by atomic mass is 16.5. The number of imidazole rings is 1. The number of rotatable bonds is 5. The van der Waals surface area contributed by atoms with E-state index >= 15 is 0 Å². The van der Waals surface area contributed by atoms with Crippen LogP contribution >= 0.6 is 0 Å². The monoisotopic (exact) mass is 406 g/mol. The van der Waals surface area contributed by atoms with Crippen molar-refractivity contribution in [2.45, 2.75) is 37.8 Å². The molecule has 5 rings (SSSR count). The molecule has 1 amide bonds. The summed E-state index contributed by atoms with van der Waals surface area (Å²) in [7, 11) is 1.86. The zero-order valence-corrected chi connectivity index (χ0v) is 17.3. The van der Waals surface area contributed by atoms with Gasteiger partial charge in [-0.2, -0.15) is 4.98 Å². The quantitative estimate of drug-likeness (QED) is 0.698. The van der Waals surface area contributed by atoms with Crippen LogP contribution < -0.4 is 5.32 Å². The molecule has 2 aromatic heterocycles. The van der Waals surface area contributed by atoms with Gasteiger partial charge in [0, 0.05) is 38.9 Å². The van der Waals surface area contributed by atoms with Gasteiger partial charge < -0.3 is 14.4 Å². The second-order valence-corrected chi connectivity index (χ2v) is 8.69. The molecule has 30 heavy (non-hydrogen) atoms. The number of carbonyl (C=O) groups is 1. The van der Waals surface area contributed by atoms with E-state index in [-0.39, 0.29) is 17.4 Å². The van der Waals surface area contributed by atoms with E-state index in [1.807, 2.05) is 20.0 Å². The fourth-order valence-electron chi connectivity index (χ4n) is 5.17. The minimum atomic E-state index is -0.224. The molecule has 1 aliphatic carbocycles. The van der Waals surface area contributed by atoms with Gasteiger partial charge in [-0.1, -0.05) is 35.5 Å². The first kappa shape index (κ1) is 19.0. The maximum atomic E-state index is 12.6. The molecule has 8 nitrogen and oxygen atoms in total. The highest BCUT2D eigenvalue weighted by Crippen LogP contribution is 2.50. The summed E-state index contributed by atoms with van der Waals surface area (Å²) >= 11 is 0. The van der Waals surface area contributed by atoms with Crippen LogP contribution in [0.25, 0.3) is 0 Å². The van der Waals surface area contributed by atoms with Gasteiger partial charge in [0.25, 0.3) is 5.91 Å². The first-order chi connectivity index (χ1) is 14.5. The van der Waals surface area contributed by atoms with Crippen LogP contribution in [0.1, 0.15) is 40.6 Å². The molecule has 0 spiro atoms. The summed E-state index contributed by atoms with van der Waals surface area (Å²) in [6.45, 7) is 4.55. The van der Waals surface area contributed by atoms with Crippen molar-refractivity contribution in [1.29, 1.82) is 0 Å². The second-order valence-electron chi connectivity index (χ2n) is 8.69. The summed E-state index contributed by atoms with van der Waals surface area (Å²) < 4.78 is 7.46. The number of hydrogen-bond acceptors (Lipinski definition) is 6. The van der Waals surface area contributed by atoms with Gasteiger partial charge in [0.2, 0.25) is 5.89 Å². The highest BCUT2D eigenvalue weighted by Gasteiger charge is 2.57. The molecule has 2 fully saturated rings. The predicted molar refractivity (Wildman–Crippen MR) is 110 cm³/mol. The summed E-state index contributed by atoms with van der Waals surface area (Å²) in [6, 6.07) is 10.6. The summed E-state index contributed by atoms with van der Waals surface area (Å²) in [4.78, 5) is 23.9. The first-order valence-corrected chi connectivity index (χ1v) is 10.4. The van der Waals surface area contributed by atoms with Crippen molar-refractivity contribution < 1.29 is 9.32 Å². The van der Waals surface area contributed by atoms with Crippen LogP contribution in [0.2, 0.25) is 0 Å². The van der Waals surface area contributed by atoms with Crippen molar-refractivity contribution in [3.8, 4) is 0 Å². The Bertz CT molecular complexity index is 1040. The van der Waals surface area contributed by atoms with Gasteiger partial charge in [0.1, 0.15) is 5.69 Å². The van der Waals surface area contributed by atoms with Crippen LogP contribution in [-0.4, -0.2) is 49.6 Å². The Morgan fingerprint density at radius 1 is 1.33 bits per heavy atom. The van der Waals surface area contributed by atoms with Gasteiger partial charge in [-0.3, -0.25) is 9.69 Å². The molecule has 3 heterocycles. The van der Waals surface area contributed by atoms with E-state index in [2.05, 4.69) is 49.6 Å². The van der Waals surface area contributed by atoms with Crippen molar-refractivity contribution in [2.75, 3.05) is 13.1 Å². The van der Waals surface area contributed by atoms with E-state index < -0.39 is 0 Å². The predicted octanol–water partition coefficient (Wildman–Crippen LogP) is 2.07. The molecule has 156 valence electrons. The number of likely N-dealkylation sites (tertiary alicyclic amines) is 1. The number of hydrogen-bond donors (Lipinski definition) is 1. The molecule has 3 unspecified atom stereocenters. The number of amides is 1. The highest BCUT2D eigenvalue weighted by molar-refractivity contribution is 5.92. The zero-order chi connectivity index (χ0) is 20.7.